The smallest absolute Gasteiger partial charge is 0.416 e. The fraction of sp³-hybridized carbons (Fsp3) is 0.233. The molecule has 0 bridgehead atoms. The van der Waals surface area contributed by atoms with E-state index >= 15 is 0 Å². The molecule has 4 rings (SSSR count). The molecule has 0 aliphatic carbocycles. The number of aromatic nitrogens is 1. The van der Waals surface area contributed by atoms with Gasteiger partial charge >= 0.3 is 18.3 Å². The number of aliphatic hydroxyl groups is 2. The molecule has 2 aromatic carbocycles. The molecule has 1 aliphatic heterocycles. The van der Waals surface area contributed by atoms with Crippen molar-refractivity contribution in [2.75, 3.05) is 25.1 Å². The molecule has 2 amide bonds. The molecule has 1 aromatic heterocycles. The summed E-state index contributed by atoms with van der Waals surface area (Å²) in [7, 11) is 0. The highest BCUT2D eigenvalue weighted by Gasteiger charge is 2.37. The minimum atomic E-state index is -5.04. The highest BCUT2D eigenvalue weighted by Crippen LogP contribution is 2.39. The van der Waals surface area contributed by atoms with Crippen molar-refractivity contribution in [3.63, 3.8) is 0 Å². The number of esters is 1. The number of alkyl halides is 6. The van der Waals surface area contributed by atoms with Crippen LogP contribution < -0.4 is 5.32 Å². The number of nitrogens with one attached hydrogen (secondary N) is 1. The van der Waals surface area contributed by atoms with Gasteiger partial charge in [0.05, 0.1) is 39.6 Å². The Morgan fingerprint density at radius 1 is 1.02 bits per heavy atom. The molecule has 1 unspecified atom stereocenters. The Morgan fingerprint density at radius 2 is 1.66 bits per heavy atom. The summed E-state index contributed by atoms with van der Waals surface area (Å²) in [4.78, 5) is 42.9. The van der Waals surface area contributed by atoms with Gasteiger partial charge < -0.3 is 20.3 Å². The van der Waals surface area contributed by atoms with Gasteiger partial charge in [0.2, 0.25) is 5.91 Å². The lowest BCUT2D eigenvalue weighted by Gasteiger charge is -2.14. The van der Waals surface area contributed by atoms with Gasteiger partial charge in [-0.05, 0) is 60.7 Å². The van der Waals surface area contributed by atoms with Crippen LogP contribution in [-0.4, -0.2) is 68.1 Å². The molecule has 2 heterocycles. The van der Waals surface area contributed by atoms with Crippen LogP contribution in [0.1, 0.15) is 33.6 Å². The number of thioether (sulfide) groups is 1. The van der Waals surface area contributed by atoms with Gasteiger partial charge in [-0.25, -0.2) is 9.78 Å². The number of nitrogens with zero attached hydrogens (tertiary/aromatic N) is 2. The van der Waals surface area contributed by atoms with E-state index in [1.165, 1.54) is 48.5 Å². The first kappa shape index (κ1) is 35.5. The Bertz CT molecular complexity index is 1680. The van der Waals surface area contributed by atoms with Crippen LogP contribution in [0.3, 0.4) is 0 Å². The molecular weight excluding hydrogens is 676 g/mol. The maximum Gasteiger partial charge on any atom is 0.416 e. The fourth-order valence-corrected chi connectivity index (χ4v) is 5.35. The number of amides is 2. The Morgan fingerprint density at radius 3 is 2.26 bits per heavy atom. The van der Waals surface area contributed by atoms with Crippen molar-refractivity contribution in [3.8, 4) is 11.3 Å². The SMILES string of the molecule is O=C(CCN1C(=O)/C(=C/c2cccc(-c3cc(C(F)(F)F)cc(C(F)(F)F)c3)n2)SC1=S)Nc1ccc(C(=O)OCC(O)CO)cc1. The van der Waals surface area contributed by atoms with Gasteiger partial charge in [0.1, 0.15) is 17.0 Å². The normalized spacial score (nSPS) is 15.2. The first-order valence-electron chi connectivity index (χ1n) is 13.4. The number of rotatable bonds is 10. The first-order valence-corrected chi connectivity index (χ1v) is 14.7. The second kappa shape index (κ2) is 14.6. The summed E-state index contributed by atoms with van der Waals surface area (Å²) in [5.41, 5.74) is -3.05. The van der Waals surface area contributed by atoms with E-state index in [4.69, 9.17) is 22.1 Å². The molecule has 3 N–H and O–H groups in total. The third-order valence-electron chi connectivity index (χ3n) is 6.39. The number of ether oxygens (including phenoxy) is 1. The summed E-state index contributed by atoms with van der Waals surface area (Å²) in [6.07, 6.45) is -10.2. The number of carbonyl (C=O) groups excluding carboxylic acids is 3. The summed E-state index contributed by atoms with van der Waals surface area (Å²) in [6, 6.07) is 10.8. The monoisotopic (exact) mass is 699 g/mol. The average Bonchev–Trinajstić information content (AvgIpc) is 3.28. The summed E-state index contributed by atoms with van der Waals surface area (Å²) < 4.78 is 84.9. The number of hydrogen-bond acceptors (Lipinski definition) is 9. The zero-order valence-corrected chi connectivity index (χ0v) is 25.4. The number of aliphatic hydroxyl groups excluding tert-OH is 2. The lowest BCUT2D eigenvalue weighted by Crippen LogP contribution is -2.31. The molecule has 1 atom stereocenters. The van der Waals surface area contributed by atoms with Crippen LogP contribution in [0.2, 0.25) is 0 Å². The van der Waals surface area contributed by atoms with Crippen molar-refractivity contribution >= 4 is 57.8 Å². The molecule has 0 spiro atoms. The Balaban J connectivity index is 1.40. The van der Waals surface area contributed by atoms with Gasteiger partial charge in [-0.2, -0.15) is 26.3 Å². The molecule has 0 radical (unpaired) electrons. The van der Waals surface area contributed by atoms with E-state index in [0.29, 0.717) is 17.8 Å². The standard InChI is InChI=1S/C30H23F6N3O6S2/c31-29(32,33)18-10-17(11-19(12-18)30(34,35)36)23-3-1-2-21(37-23)13-24-26(43)39(28(46)47-24)9-8-25(42)38-20-6-4-16(5-7-20)27(44)45-15-22(41)14-40/h1-7,10-13,22,40-41H,8-9,14-15H2,(H,38,42)/b24-13-. The van der Waals surface area contributed by atoms with Crippen molar-refractivity contribution in [2.45, 2.75) is 24.9 Å². The molecule has 9 nitrogen and oxygen atoms in total. The van der Waals surface area contributed by atoms with Crippen molar-refractivity contribution in [3.05, 3.63) is 88.0 Å². The van der Waals surface area contributed by atoms with Crippen molar-refractivity contribution in [1.82, 2.24) is 9.88 Å². The topological polar surface area (TPSA) is 129 Å². The maximum atomic E-state index is 13.3. The predicted molar refractivity (Wildman–Crippen MR) is 163 cm³/mol. The second-order valence-corrected chi connectivity index (χ2v) is 11.6. The van der Waals surface area contributed by atoms with E-state index < -0.39 is 66.1 Å². The van der Waals surface area contributed by atoms with Gasteiger partial charge in [0.15, 0.2) is 0 Å². The molecule has 1 fully saturated rings. The summed E-state index contributed by atoms with van der Waals surface area (Å²) in [5.74, 6) is -1.81. The lowest BCUT2D eigenvalue weighted by atomic mass is 10.0. The van der Waals surface area contributed by atoms with E-state index in [9.17, 15) is 45.8 Å². The predicted octanol–water partition coefficient (Wildman–Crippen LogP) is 5.53. The highest BCUT2D eigenvalue weighted by atomic mass is 32.2. The van der Waals surface area contributed by atoms with Crippen LogP contribution in [0, 0.1) is 0 Å². The zero-order valence-electron chi connectivity index (χ0n) is 23.8. The van der Waals surface area contributed by atoms with Crippen molar-refractivity contribution in [1.29, 1.82) is 0 Å². The number of anilines is 1. The first-order chi connectivity index (χ1) is 22.0. The number of hydrogen-bond donors (Lipinski definition) is 3. The van der Waals surface area contributed by atoms with E-state index in [-0.39, 0.29) is 45.2 Å². The van der Waals surface area contributed by atoms with Crippen LogP contribution in [0.25, 0.3) is 17.3 Å². The third kappa shape index (κ3) is 9.37. The molecule has 0 saturated carbocycles. The molecule has 248 valence electrons. The summed E-state index contributed by atoms with van der Waals surface area (Å²) in [6.45, 7) is -1.07. The van der Waals surface area contributed by atoms with Gasteiger partial charge in [-0.15, -0.1) is 0 Å². The molecular formula is C30H23F6N3O6S2. The summed E-state index contributed by atoms with van der Waals surface area (Å²) >= 11 is 6.15. The lowest BCUT2D eigenvalue weighted by molar-refractivity contribution is -0.143. The third-order valence-corrected chi connectivity index (χ3v) is 7.77. The Labute approximate surface area is 272 Å². The highest BCUT2D eigenvalue weighted by molar-refractivity contribution is 8.26. The summed E-state index contributed by atoms with van der Waals surface area (Å²) in [5, 5.41) is 20.7. The number of carbonyl (C=O) groups is 3. The largest absolute Gasteiger partial charge is 0.459 e. The molecule has 1 saturated heterocycles. The molecule has 3 aromatic rings. The van der Waals surface area contributed by atoms with Gasteiger partial charge in [0.25, 0.3) is 5.91 Å². The van der Waals surface area contributed by atoms with Crippen LogP contribution in [0.5, 0.6) is 0 Å². The quantitative estimate of drug-likeness (QED) is 0.108. The minimum Gasteiger partial charge on any atom is -0.459 e. The molecule has 1 aliphatic rings. The number of pyridine rings is 1. The number of thiocarbonyl (C=S) groups is 1. The van der Waals surface area contributed by atoms with E-state index in [0.717, 1.165) is 16.7 Å². The second-order valence-electron chi connectivity index (χ2n) is 9.89. The average molecular weight is 700 g/mol. The Kier molecular flexibility index (Phi) is 11.1. The van der Waals surface area contributed by atoms with Gasteiger partial charge in [-0.3, -0.25) is 14.5 Å². The van der Waals surface area contributed by atoms with Gasteiger partial charge in [0, 0.05) is 24.2 Å². The number of benzene rings is 2. The fourth-order valence-electron chi connectivity index (χ4n) is 4.06. The zero-order chi connectivity index (χ0) is 34.5. The number of halogens is 6. The maximum absolute atomic E-state index is 13.3. The van der Waals surface area contributed by atoms with Crippen LogP contribution in [0.15, 0.2) is 65.6 Å². The van der Waals surface area contributed by atoms with Crippen LogP contribution >= 0.6 is 24.0 Å². The van der Waals surface area contributed by atoms with Crippen molar-refractivity contribution < 1.29 is 55.7 Å². The van der Waals surface area contributed by atoms with Gasteiger partial charge in [-0.1, -0.05) is 30.0 Å². The van der Waals surface area contributed by atoms with Crippen molar-refractivity contribution in [2.24, 2.45) is 0 Å². The Hall–Kier alpha value is -4.32. The molecule has 17 heteroatoms. The van der Waals surface area contributed by atoms with E-state index in [2.05, 4.69) is 10.3 Å². The van der Waals surface area contributed by atoms with Crippen LogP contribution in [0.4, 0.5) is 32.0 Å². The van der Waals surface area contributed by atoms with E-state index in [1.807, 2.05) is 0 Å². The minimum absolute atomic E-state index is 0.0173. The van der Waals surface area contributed by atoms with E-state index in [1.54, 1.807) is 0 Å². The molecule has 47 heavy (non-hydrogen) atoms. The van der Waals surface area contributed by atoms with Crippen LogP contribution in [-0.2, 0) is 26.7 Å².